The van der Waals surface area contributed by atoms with Crippen LogP contribution in [0.1, 0.15) is 18.4 Å². The Labute approximate surface area is 139 Å². The largest absolute Gasteiger partial charge is 0.333 e. The van der Waals surface area contributed by atoms with E-state index >= 15 is 0 Å². The molecule has 1 N–H and O–H groups in total. The van der Waals surface area contributed by atoms with Gasteiger partial charge in [-0.05, 0) is 55.8 Å². The van der Waals surface area contributed by atoms with Gasteiger partial charge in [0.05, 0.1) is 16.6 Å². The maximum absolute atomic E-state index is 12.6. The van der Waals surface area contributed by atoms with Crippen LogP contribution in [0.25, 0.3) is 16.6 Å². The fraction of sp³-hybridized carbons (Fsp3) is 0.263. The highest BCUT2D eigenvalue weighted by Gasteiger charge is 2.12. The van der Waals surface area contributed by atoms with Crippen molar-refractivity contribution >= 4 is 10.9 Å². The summed E-state index contributed by atoms with van der Waals surface area (Å²) in [7, 11) is 0. The standard InChI is InChI=1S/C19H19N3O2/c23-18-16-5-1-2-6-17(16)20-19(24)22(18)15-9-7-14(8-10-15)13-21-11-3-4-12-21/h1-2,5-10H,3-4,11-13H2,(H,20,24). The number of aromatic nitrogens is 2. The summed E-state index contributed by atoms with van der Waals surface area (Å²) < 4.78 is 1.20. The number of aromatic amines is 1. The van der Waals surface area contributed by atoms with Crippen molar-refractivity contribution in [2.75, 3.05) is 13.1 Å². The Balaban J connectivity index is 1.72. The van der Waals surface area contributed by atoms with Crippen molar-refractivity contribution in [1.82, 2.24) is 14.5 Å². The highest BCUT2D eigenvalue weighted by atomic mass is 16.2. The molecule has 0 bridgehead atoms. The van der Waals surface area contributed by atoms with E-state index in [2.05, 4.69) is 9.88 Å². The van der Waals surface area contributed by atoms with Gasteiger partial charge >= 0.3 is 5.69 Å². The Morgan fingerprint density at radius 1 is 0.917 bits per heavy atom. The fourth-order valence-electron chi connectivity index (χ4n) is 3.35. The molecular weight excluding hydrogens is 302 g/mol. The summed E-state index contributed by atoms with van der Waals surface area (Å²) in [6.45, 7) is 3.21. The highest BCUT2D eigenvalue weighted by Crippen LogP contribution is 2.14. The summed E-state index contributed by atoms with van der Waals surface area (Å²) in [5, 5.41) is 0.512. The summed E-state index contributed by atoms with van der Waals surface area (Å²) >= 11 is 0. The predicted molar refractivity (Wildman–Crippen MR) is 94.7 cm³/mol. The van der Waals surface area contributed by atoms with E-state index < -0.39 is 5.69 Å². The molecule has 0 radical (unpaired) electrons. The molecule has 1 aliphatic rings. The van der Waals surface area contributed by atoms with Crippen molar-refractivity contribution in [3.05, 3.63) is 74.9 Å². The topological polar surface area (TPSA) is 58.1 Å². The van der Waals surface area contributed by atoms with E-state index in [4.69, 9.17) is 0 Å². The van der Waals surface area contributed by atoms with Gasteiger partial charge in [0.25, 0.3) is 5.56 Å². The van der Waals surface area contributed by atoms with Gasteiger partial charge in [0, 0.05) is 6.54 Å². The number of para-hydroxylation sites is 1. The number of hydrogen-bond donors (Lipinski definition) is 1. The second-order valence-electron chi connectivity index (χ2n) is 6.27. The summed E-state index contributed by atoms with van der Waals surface area (Å²) in [4.78, 5) is 30.2. The average molecular weight is 321 g/mol. The number of nitrogens with one attached hydrogen (secondary N) is 1. The first kappa shape index (κ1) is 14.9. The summed E-state index contributed by atoms with van der Waals surface area (Å²) in [6, 6.07) is 14.7. The Bertz CT molecular complexity index is 980. The van der Waals surface area contributed by atoms with Crippen LogP contribution in [0, 0.1) is 0 Å². The molecule has 4 rings (SSSR count). The molecule has 0 unspecified atom stereocenters. The van der Waals surface area contributed by atoms with Gasteiger partial charge in [0.15, 0.2) is 0 Å². The van der Waals surface area contributed by atoms with Crippen LogP contribution in [0.4, 0.5) is 0 Å². The van der Waals surface area contributed by atoms with E-state index in [1.54, 1.807) is 24.3 Å². The lowest BCUT2D eigenvalue weighted by Gasteiger charge is -2.15. The van der Waals surface area contributed by atoms with E-state index in [9.17, 15) is 9.59 Å². The molecule has 0 amide bonds. The van der Waals surface area contributed by atoms with Crippen molar-refractivity contribution in [2.24, 2.45) is 0 Å². The van der Waals surface area contributed by atoms with E-state index in [0.29, 0.717) is 16.6 Å². The zero-order valence-electron chi connectivity index (χ0n) is 13.4. The summed E-state index contributed by atoms with van der Waals surface area (Å²) in [6.07, 6.45) is 2.53. The highest BCUT2D eigenvalue weighted by molar-refractivity contribution is 5.77. The zero-order valence-corrected chi connectivity index (χ0v) is 13.4. The van der Waals surface area contributed by atoms with E-state index in [-0.39, 0.29) is 5.56 Å². The van der Waals surface area contributed by atoms with E-state index in [0.717, 1.165) is 19.6 Å². The first-order chi connectivity index (χ1) is 11.7. The fourth-order valence-corrected chi connectivity index (χ4v) is 3.35. The van der Waals surface area contributed by atoms with Gasteiger partial charge < -0.3 is 4.98 Å². The number of H-pyrrole nitrogens is 1. The lowest BCUT2D eigenvalue weighted by atomic mass is 10.2. The van der Waals surface area contributed by atoms with Gasteiger partial charge in [-0.2, -0.15) is 0 Å². The first-order valence-electron chi connectivity index (χ1n) is 8.28. The quantitative estimate of drug-likeness (QED) is 0.805. The molecule has 1 aliphatic heterocycles. The van der Waals surface area contributed by atoms with Crippen LogP contribution in [0.15, 0.2) is 58.1 Å². The second-order valence-corrected chi connectivity index (χ2v) is 6.27. The number of hydrogen-bond acceptors (Lipinski definition) is 3. The maximum Gasteiger partial charge on any atom is 0.333 e. The zero-order chi connectivity index (χ0) is 16.5. The van der Waals surface area contributed by atoms with Gasteiger partial charge in [0.2, 0.25) is 0 Å². The minimum absolute atomic E-state index is 0.290. The van der Waals surface area contributed by atoms with Crippen LogP contribution in [0.2, 0.25) is 0 Å². The second kappa shape index (κ2) is 6.09. The van der Waals surface area contributed by atoms with Gasteiger partial charge in [0.1, 0.15) is 0 Å². The summed E-state index contributed by atoms with van der Waals surface area (Å²) in [5.41, 5.74) is 1.66. The summed E-state index contributed by atoms with van der Waals surface area (Å²) in [5.74, 6) is 0. The Morgan fingerprint density at radius 3 is 2.38 bits per heavy atom. The third kappa shape index (κ3) is 2.67. The number of rotatable bonds is 3. The van der Waals surface area contributed by atoms with Crippen LogP contribution in [0.3, 0.4) is 0 Å². The van der Waals surface area contributed by atoms with Gasteiger partial charge in [-0.1, -0.05) is 24.3 Å². The van der Waals surface area contributed by atoms with Crippen molar-refractivity contribution in [2.45, 2.75) is 19.4 Å². The predicted octanol–water partition coefficient (Wildman–Crippen LogP) is 2.27. The lowest BCUT2D eigenvalue weighted by Crippen LogP contribution is -2.33. The maximum atomic E-state index is 12.6. The van der Waals surface area contributed by atoms with Crippen LogP contribution >= 0.6 is 0 Å². The molecule has 3 aromatic rings. The SMILES string of the molecule is O=c1[nH]c2ccccc2c(=O)n1-c1ccc(CN2CCCC2)cc1. The number of nitrogens with zero attached hydrogens (tertiary/aromatic N) is 2. The third-order valence-electron chi connectivity index (χ3n) is 4.60. The molecule has 5 heteroatoms. The average Bonchev–Trinajstić information content (AvgIpc) is 3.09. The van der Waals surface area contributed by atoms with Crippen molar-refractivity contribution in [1.29, 1.82) is 0 Å². The molecule has 122 valence electrons. The number of benzene rings is 2. The van der Waals surface area contributed by atoms with E-state index in [1.165, 1.54) is 23.0 Å². The van der Waals surface area contributed by atoms with Crippen LogP contribution < -0.4 is 11.2 Å². The van der Waals surface area contributed by atoms with Crippen molar-refractivity contribution < 1.29 is 0 Å². The third-order valence-corrected chi connectivity index (χ3v) is 4.60. The molecule has 1 saturated heterocycles. The minimum Gasteiger partial charge on any atom is -0.306 e. The van der Waals surface area contributed by atoms with Crippen LogP contribution in [-0.2, 0) is 6.54 Å². The van der Waals surface area contributed by atoms with Gasteiger partial charge in [-0.3, -0.25) is 9.69 Å². The number of fused-ring (bicyclic) bond motifs is 1. The van der Waals surface area contributed by atoms with Crippen LogP contribution in [0.5, 0.6) is 0 Å². The smallest absolute Gasteiger partial charge is 0.306 e. The molecule has 1 fully saturated rings. The Morgan fingerprint density at radius 2 is 1.62 bits per heavy atom. The molecule has 5 nitrogen and oxygen atoms in total. The molecule has 0 spiro atoms. The molecule has 1 aromatic heterocycles. The molecular formula is C19H19N3O2. The molecule has 0 saturated carbocycles. The van der Waals surface area contributed by atoms with Gasteiger partial charge in [-0.15, -0.1) is 0 Å². The lowest BCUT2D eigenvalue weighted by molar-refractivity contribution is 0.331. The minimum atomic E-state index is -0.411. The Hall–Kier alpha value is -2.66. The molecule has 0 atom stereocenters. The Kier molecular flexibility index (Phi) is 3.78. The van der Waals surface area contributed by atoms with Gasteiger partial charge in [-0.25, -0.2) is 9.36 Å². The monoisotopic (exact) mass is 321 g/mol. The molecule has 2 aromatic carbocycles. The number of likely N-dealkylation sites (tertiary alicyclic amines) is 1. The van der Waals surface area contributed by atoms with Crippen molar-refractivity contribution in [3.8, 4) is 5.69 Å². The molecule has 24 heavy (non-hydrogen) atoms. The molecule has 0 aliphatic carbocycles. The van der Waals surface area contributed by atoms with Crippen LogP contribution in [-0.4, -0.2) is 27.5 Å². The first-order valence-corrected chi connectivity index (χ1v) is 8.28. The van der Waals surface area contributed by atoms with E-state index in [1.807, 2.05) is 24.3 Å². The van der Waals surface area contributed by atoms with Crippen molar-refractivity contribution in [3.63, 3.8) is 0 Å². The normalized spacial score (nSPS) is 15.2. The molecule has 2 heterocycles.